The summed E-state index contributed by atoms with van der Waals surface area (Å²) in [4.78, 5) is 0. The highest BCUT2D eigenvalue weighted by molar-refractivity contribution is 5.50. The van der Waals surface area contributed by atoms with E-state index < -0.39 is 0 Å². The minimum absolute atomic E-state index is 0.106. The van der Waals surface area contributed by atoms with E-state index in [1.165, 1.54) is 0 Å². The van der Waals surface area contributed by atoms with Crippen LogP contribution in [0.15, 0.2) is 97.1 Å². The van der Waals surface area contributed by atoms with Crippen LogP contribution >= 0.6 is 0 Å². The topological polar surface area (TPSA) is 87.0 Å². The molecule has 8 heteroatoms. The highest BCUT2D eigenvalue weighted by atomic mass is 16.6. The first-order valence-corrected chi connectivity index (χ1v) is 16.1. The first kappa shape index (κ1) is 29.3. The smallest absolute Gasteiger partial charge is 0.119 e. The highest BCUT2D eigenvalue weighted by Crippen LogP contribution is 2.46. The maximum absolute atomic E-state index is 6.17. The molecule has 0 aromatic heterocycles. The molecule has 8 nitrogen and oxygen atoms in total. The molecule has 4 aromatic rings. The van der Waals surface area contributed by atoms with Crippen LogP contribution in [-0.4, -0.2) is 77.3 Å². The van der Waals surface area contributed by atoms with Crippen molar-refractivity contribution < 1.29 is 37.9 Å². The Balaban J connectivity index is 1.21. The van der Waals surface area contributed by atoms with Gasteiger partial charge < -0.3 is 37.9 Å². The van der Waals surface area contributed by atoms with Gasteiger partial charge in [0.1, 0.15) is 73.8 Å². The van der Waals surface area contributed by atoms with Crippen molar-refractivity contribution >= 4 is 0 Å². The van der Waals surface area contributed by atoms with Crippen LogP contribution in [-0.2, 0) is 18.9 Å². The first-order chi connectivity index (χ1) is 22.7. The molecule has 0 aliphatic carbocycles. The third-order valence-electron chi connectivity index (χ3n) is 8.56. The molecule has 238 valence electrons. The molecule has 0 radical (unpaired) electrons. The van der Waals surface area contributed by atoms with Crippen LogP contribution in [0.1, 0.15) is 34.1 Å². The van der Waals surface area contributed by atoms with E-state index in [1.807, 2.05) is 24.3 Å². The summed E-state index contributed by atoms with van der Waals surface area (Å²) in [7, 11) is 0. The number of rotatable bonds is 17. The molecule has 4 atom stereocenters. The lowest BCUT2D eigenvalue weighted by atomic mass is 9.73. The van der Waals surface area contributed by atoms with Crippen LogP contribution in [0.2, 0.25) is 0 Å². The number of hydrogen-bond donors (Lipinski definition) is 0. The van der Waals surface area contributed by atoms with Crippen LogP contribution in [0, 0.1) is 0 Å². The van der Waals surface area contributed by atoms with E-state index in [1.54, 1.807) is 0 Å². The third kappa shape index (κ3) is 7.82. The predicted octanol–water partition coefficient (Wildman–Crippen LogP) is 5.76. The Morgan fingerprint density at radius 1 is 0.413 bits per heavy atom. The molecule has 0 bridgehead atoms. The number of benzene rings is 4. The largest absolute Gasteiger partial charge is 0.491 e. The summed E-state index contributed by atoms with van der Waals surface area (Å²) in [5.74, 6) is 3.06. The Hall–Kier alpha value is -4.08. The molecule has 4 heterocycles. The maximum Gasteiger partial charge on any atom is 0.119 e. The minimum atomic E-state index is -0.106. The number of hydrogen-bond acceptors (Lipinski definition) is 8. The molecule has 4 saturated heterocycles. The fourth-order valence-corrected chi connectivity index (χ4v) is 5.76. The van der Waals surface area contributed by atoms with E-state index in [2.05, 4.69) is 72.8 Å². The van der Waals surface area contributed by atoms with Gasteiger partial charge in [0.2, 0.25) is 0 Å². The van der Waals surface area contributed by atoms with Crippen LogP contribution in [0.4, 0.5) is 0 Å². The van der Waals surface area contributed by atoms with Crippen molar-refractivity contribution in [3.05, 3.63) is 119 Å². The molecule has 4 aromatic carbocycles. The molecule has 0 saturated carbocycles. The second-order valence-electron chi connectivity index (χ2n) is 12.3. The zero-order valence-electron chi connectivity index (χ0n) is 25.6. The Bertz CT molecular complexity index is 1380. The van der Waals surface area contributed by atoms with Gasteiger partial charge in [-0.05, 0) is 70.8 Å². The van der Waals surface area contributed by atoms with E-state index in [0.717, 1.165) is 71.7 Å². The molecule has 0 N–H and O–H groups in total. The van der Waals surface area contributed by atoms with Crippen molar-refractivity contribution in [2.75, 3.05) is 52.9 Å². The van der Waals surface area contributed by atoms with Gasteiger partial charge in [-0.25, -0.2) is 0 Å². The van der Waals surface area contributed by atoms with Crippen molar-refractivity contribution in [1.82, 2.24) is 0 Å². The van der Waals surface area contributed by atoms with Gasteiger partial charge in [0, 0.05) is 11.8 Å². The van der Waals surface area contributed by atoms with Crippen LogP contribution in [0.3, 0.4) is 0 Å². The molecule has 4 fully saturated rings. The lowest BCUT2D eigenvalue weighted by molar-refractivity contribution is 0.262. The summed E-state index contributed by atoms with van der Waals surface area (Å²) in [6, 6.07) is 33.6. The van der Waals surface area contributed by atoms with Crippen molar-refractivity contribution in [3.8, 4) is 23.0 Å². The molecular formula is C38H38O8. The molecule has 0 amide bonds. The molecule has 46 heavy (non-hydrogen) atoms. The standard InChI is InChI=1S/C38H38O8/c1-5-25(13-29(9-1)39-17-33-21-43-33)37(26-6-2-10-30(14-26)40-18-34-22-44-34)38(27-7-3-11-31(15-27)41-19-35-23-45-35)28-8-4-12-32(16-28)42-20-36-24-46-36/h1-16,33-38H,17-24H2. The summed E-state index contributed by atoms with van der Waals surface area (Å²) in [6.07, 6.45) is 0.682. The van der Waals surface area contributed by atoms with Crippen LogP contribution in [0.25, 0.3) is 0 Å². The zero-order chi connectivity index (χ0) is 30.7. The zero-order valence-corrected chi connectivity index (χ0v) is 25.6. The second-order valence-corrected chi connectivity index (χ2v) is 12.3. The fraction of sp³-hybridized carbons (Fsp3) is 0.368. The third-order valence-corrected chi connectivity index (χ3v) is 8.56. The summed E-state index contributed by atoms with van der Waals surface area (Å²) in [5.41, 5.74) is 4.49. The van der Waals surface area contributed by atoms with E-state index in [4.69, 9.17) is 37.9 Å². The van der Waals surface area contributed by atoms with Crippen molar-refractivity contribution in [2.24, 2.45) is 0 Å². The van der Waals surface area contributed by atoms with E-state index in [0.29, 0.717) is 26.4 Å². The Kier molecular flexibility index (Phi) is 8.51. The minimum Gasteiger partial charge on any atom is -0.491 e. The van der Waals surface area contributed by atoms with E-state index in [9.17, 15) is 0 Å². The van der Waals surface area contributed by atoms with Gasteiger partial charge in [0.25, 0.3) is 0 Å². The molecular weight excluding hydrogens is 584 g/mol. The SMILES string of the molecule is c1cc(OCC2CO2)cc(C(c2cccc(OCC3CO3)c2)C(c2cccc(OCC3CO3)c2)c2cccc(OCC3CO3)c2)c1. The number of ether oxygens (including phenoxy) is 8. The molecule has 4 aliphatic heterocycles. The normalized spacial score (nSPS) is 23.6. The summed E-state index contributed by atoms with van der Waals surface area (Å²) < 4.78 is 46.3. The average Bonchev–Trinajstić information content (AvgIpc) is 3.89. The van der Waals surface area contributed by atoms with Crippen molar-refractivity contribution in [3.63, 3.8) is 0 Å². The Morgan fingerprint density at radius 3 is 0.870 bits per heavy atom. The maximum atomic E-state index is 6.17. The molecule has 4 aliphatic rings. The van der Waals surface area contributed by atoms with Gasteiger partial charge in [-0.2, -0.15) is 0 Å². The van der Waals surface area contributed by atoms with Crippen LogP contribution in [0.5, 0.6) is 23.0 Å². The number of epoxide rings is 4. The van der Waals surface area contributed by atoms with Gasteiger partial charge in [-0.15, -0.1) is 0 Å². The van der Waals surface area contributed by atoms with Gasteiger partial charge >= 0.3 is 0 Å². The van der Waals surface area contributed by atoms with Gasteiger partial charge in [0.05, 0.1) is 26.4 Å². The molecule has 4 unspecified atom stereocenters. The molecule has 8 rings (SSSR count). The molecule has 0 spiro atoms. The average molecular weight is 623 g/mol. The summed E-state index contributed by atoms with van der Waals surface area (Å²) in [5, 5.41) is 0. The van der Waals surface area contributed by atoms with Crippen molar-refractivity contribution in [2.45, 2.75) is 36.3 Å². The predicted molar refractivity (Wildman–Crippen MR) is 170 cm³/mol. The van der Waals surface area contributed by atoms with Crippen molar-refractivity contribution in [1.29, 1.82) is 0 Å². The quantitative estimate of drug-likeness (QED) is 0.138. The van der Waals surface area contributed by atoms with Gasteiger partial charge in [0.15, 0.2) is 0 Å². The monoisotopic (exact) mass is 622 g/mol. The van der Waals surface area contributed by atoms with Gasteiger partial charge in [-0.1, -0.05) is 48.5 Å². The first-order valence-electron chi connectivity index (χ1n) is 16.1. The Morgan fingerprint density at radius 2 is 0.652 bits per heavy atom. The van der Waals surface area contributed by atoms with E-state index >= 15 is 0 Å². The van der Waals surface area contributed by atoms with E-state index in [-0.39, 0.29) is 36.3 Å². The van der Waals surface area contributed by atoms with Crippen LogP contribution < -0.4 is 18.9 Å². The summed E-state index contributed by atoms with van der Waals surface area (Å²) >= 11 is 0. The second kappa shape index (κ2) is 13.3. The Labute approximate surface area is 269 Å². The summed E-state index contributed by atoms with van der Waals surface area (Å²) in [6.45, 7) is 5.16. The van der Waals surface area contributed by atoms with Gasteiger partial charge in [-0.3, -0.25) is 0 Å². The lowest BCUT2D eigenvalue weighted by Crippen LogP contribution is -2.16. The lowest BCUT2D eigenvalue weighted by Gasteiger charge is -2.30. The fourth-order valence-electron chi connectivity index (χ4n) is 5.76. The highest BCUT2D eigenvalue weighted by Gasteiger charge is 2.31.